The number of carbonyl (C=O) groups is 3. The lowest BCUT2D eigenvalue weighted by molar-refractivity contribution is -0.123. The minimum absolute atomic E-state index is 0.00450. The summed E-state index contributed by atoms with van der Waals surface area (Å²) >= 11 is 2.98. The monoisotopic (exact) mass is 594 g/mol. The molecule has 6 rings (SSSR count). The minimum atomic E-state index is -0.146. The molecule has 5 heterocycles. The van der Waals surface area contributed by atoms with E-state index < -0.39 is 0 Å². The van der Waals surface area contributed by atoms with Gasteiger partial charge in [-0.2, -0.15) is 0 Å². The highest BCUT2D eigenvalue weighted by atomic mass is 32.1. The van der Waals surface area contributed by atoms with Gasteiger partial charge in [0.1, 0.15) is 0 Å². The molecule has 3 amide bonds. The molecule has 3 fully saturated rings. The SMILES string of the molecule is O=C(CN1CCOCC1)NCc1ccc(-c2cnc(C3CN(C(=O)c4ccc(NC(=O)[C@@H]5CCCN5)s4)C3)s2)cc1. The number of anilines is 1. The van der Waals surface area contributed by atoms with Gasteiger partial charge in [0.15, 0.2) is 0 Å². The van der Waals surface area contributed by atoms with E-state index in [2.05, 4.69) is 38.0 Å². The van der Waals surface area contributed by atoms with Gasteiger partial charge in [-0.3, -0.25) is 19.3 Å². The van der Waals surface area contributed by atoms with Crippen molar-refractivity contribution >= 4 is 45.4 Å². The summed E-state index contributed by atoms with van der Waals surface area (Å²) < 4.78 is 5.33. The smallest absolute Gasteiger partial charge is 0.264 e. The molecule has 0 saturated carbocycles. The number of hydrogen-bond acceptors (Lipinski definition) is 9. The number of nitrogens with zero attached hydrogens (tertiary/aromatic N) is 3. The number of rotatable bonds is 9. The number of thiophene rings is 1. The van der Waals surface area contributed by atoms with Gasteiger partial charge < -0.3 is 25.6 Å². The predicted octanol–water partition coefficient (Wildman–Crippen LogP) is 2.75. The highest BCUT2D eigenvalue weighted by Gasteiger charge is 2.35. The molecule has 2 aromatic heterocycles. The molecular formula is C29H34N6O4S2. The van der Waals surface area contributed by atoms with Gasteiger partial charge in [0.05, 0.1) is 45.6 Å². The number of thiazole rings is 1. The second kappa shape index (κ2) is 12.8. The highest BCUT2D eigenvalue weighted by Crippen LogP contribution is 2.36. The Morgan fingerprint density at radius 1 is 1.05 bits per heavy atom. The molecule has 41 heavy (non-hydrogen) atoms. The molecule has 3 aliphatic heterocycles. The summed E-state index contributed by atoms with van der Waals surface area (Å²) in [4.78, 5) is 47.9. The van der Waals surface area contributed by atoms with Gasteiger partial charge in [0, 0.05) is 44.8 Å². The summed E-state index contributed by atoms with van der Waals surface area (Å²) in [5, 5.41) is 10.9. The molecule has 12 heteroatoms. The lowest BCUT2D eigenvalue weighted by atomic mass is 10.0. The zero-order valence-electron chi connectivity index (χ0n) is 22.8. The van der Waals surface area contributed by atoms with E-state index in [4.69, 9.17) is 4.74 Å². The maximum atomic E-state index is 13.0. The number of carbonyl (C=O) groups excluding carboxylic acids is 3. The van der Waals surface area contributed by atoms with Crippen molar-refractivity contribution in [2.45, 2.75) is 31.3 Å². The summed E-state index contributed by atoms with van der Waals surface area (Å²) in [5.74, 6) is 0.216. The van der Waals surface area contributed by atoms with Gasteiger partial charge in [-0.25, -0.2) is 4.98 Å². The van der Waals surface area contributed by atoms with E-state index in [9.17, 15) is 14.4 Å². The standard InChI is InChI=1S/C29H34N6O4S2/c36-25(18-34-10-12-39-13-11-34)31-14-19-3-5-20(6-4-19)24-15-32-28(41-24)21-16-35(17-21)29(38)23-7-8-26(40-23)33-27(37)22-2-1-9-30-22/h3-8,15,21-22,30H,1-2,9-14,16-18H2,(H,31,36)(H,33,37)/t22-/m0/s1. The van der Waals surface area contributed by atoms with Gasteiger partial charge in [-0.05, 0) is 42.6 Å². The summed E-state index contributed by atoms with van der Waals surface area (Å²) in [6.07, 6.45) is 3.75. The quantitative estimate of drug-likeness (QED) is 0.349. The average molecular weight is 595 g/mol. The Kier molecular flexibility index (Phi) is 8.73. The van der Waals surface area contributed by atoms with Crippen molar-refractivity contribution in [1.29, 1.82) is 0 Å². The number of morpholine rings is 1. The van der Waals surface area contributed by atoms with Crippen LogP contribution in [0.3, 0.4) is 0 Å². The van der Waals surface area contributed by atoms with Crippen molar-refractivity contribution in [3.63, 3.8) is 0 Å². The van der Waals surface area contributed by atoms with Gasteiger partial charge in [0.25, 0.3) is 5.91 Å². The first kappa shape index (κ1) is 28.0. The Balaban J connectivity index is 0.961. The number of hydrogen-bond donors (Lipinski definition) is 3. The number of likely N-dealkylation sites (tertiary alicyclic amines) is 1. The molecule has 1 atom stereocenters. The maximum absolute atomic E-state index is 13.0. The van der Waals surface area contributed by atoms with Crippen molar-refractivity contribution in [2.75, 3.05) is 57.8 Å². The Bertz CT molecular complexity index is 1370. The number of ether oxygens (including phenoxy) is 1. The molecule has 3 aliphatic rings. The molecule has 0 aliphatic carbocycles. The summed E-state index contributed by atoms with van der Waals surface area (Å²) in [6, 6.07) is 11.6. The van der Waals surface area contributed by atoms with Crippen LogP contribution >= 0.6 is 22.7 Å². The third kappa shape index (κ3) is 6.84. The fourth-order valence-corrected chi connectivity index (χ4v) is 7.09. The highest BCUT2D eigenvalue weighted by molar-refractivity contribution is 7.18. The Hall–Kier alpha value is -3.16. The fourth-order valence-electron chi connectivity index (χ4n) is 5.21. The van der Waals surface area contributed by atoms with Crippen LogP contribution in [-0.4, -0.2) is 91.0 Å². The Morgan fingerprint density at radius 2 is 1.85 bits per heavy atom. The number of amides is 3. The topological polar surface area (TPSA) is 116 Å². The molecule has 0 radical (unpaired) electrons. The van der Waals surface area contributed by atoms with Gasteiger partial charge >= 0.3 is 0 Å². The first-order valence-electron chi connectivity index (χ1n) is 14.1. The molecule has 10 nitrogen and oxygen atoms in total. The summed E-state index contributed by atoms with van der Waals surface area (Å²) in [5.41, 5.74) is 2.14. The first-order chi connectivity index (χ1) is 20.0. The van der Waals surface area contributed by atoms with E-state index in [0.717, 1.165) is 53.5 Å². The largest absolute Gasteiger partial charge is 0.379 e. The molecule has 216 valence electrons. The lowest BCUT2D eigenvalue weighted by Crippen LogP contribution is -2.48. The van der Waals surface area contributed by atoms with Crippen molar-refractivity contribution in [1.82, 2.24) is 25.4 Å². The molecule has 3 aromatic rings. The molecule has 0 bridgehead atoms. The van der Waals surface area contributed by atoms with Crippen LogP contribution in [0.1, 0.15) is 39.0 Å². The molecule has 3 N–H and O–H groups in total. The molecule has 3 saturated heterocycles. The van der Waals surface area contributed by atoms with E-state index in [1.165, 1.54) is 11.3 Å². The number of nitrogens with one attached hydrogen (secondary N) is 3. The van der Waals surface area contributed by atoms with Crippen LogP contribution in [0.2, 0.25) is 0 Å². The Morgan fingerprint density at radius 3 is 2.61 bits per heavy atom. The second-order valence-electron chi connectivity index (χ2n) is 10.6. The van der Waals surface area contributed by atoms with Crippen molar-refractivity contribution in [3.8, 4) is 10.4 Å². The van der Waals surface area contributed by atoms with E-state index in [0.29, 0.717) is 49.3 Å². The van der Waals surface area contributed by atoms with E-state index >= 15 is 0 Å². The number of aromatic nitrogens is 1. The average Bonchev–Trinajstić information content (AvgIpc) is 3.75. The van der Waals surface area contributed by atoms with Gasteiger partial charge in [-0.15, -0.1) is 22.7 Å². The lowest BCUT2D eigenvalue weighted by Gasteiger charge is -2.37. The molecule has 1 aromatic carbocycles. The van der Waals surface area contributed by atoms with E-state index in [1.54, 1.807) is 23.5 Å². The van der Waals surface area contributed by atoms with E-state index in [-0.39, 0.29) is 29.7 Å². The van der Waals surface area contributed by atoms with Crippen molar-refractivity contribution in [3.05, 3.63) is 58.0 Å². The van der Waals surface area contributed by atoms with Crippen LogP contribution in [-0.2, 0) is 20.9 Å². The summed E-state index contributed by atoms with van der Waals surface area (Å²) in [6.45, 7) is 6.00. The minimum Gasteiger partial charge on any atom is -0.379 e. The molecule has 0 spiro atoms. The van der Waals surface area contributed by atoms with Crippen LogP contribution in [0, 0.1) is 0 Å². The zero-order chi connectivity index (χ0) is 28.2. The van der Waals surface area contributed by atoms with Gasteiger partial charge in [0.2, 0.25) is 11.8 Å². The van der Waals surface area contributed by atoms with Crippen LogP contribution in [0.15, 0.2) is 42.6 Å². The molecular weight excluding hydrogens is 560 g/mol. The maximum Gasteiger partial charge on any atom is 0.264 e. The zero-order valence-corrected chi connectivity index (χ0v) is 24.4. The first-order valence-corrected chi connectivity index (χ1v) is 15.7. The van der Waals surface area contributed by atoms with E-state index in [1.807, 2.05) is 23.2 Å². The third-order valence-corrected chi connectivity index (χ3v) is 9.88. The van der Waals surface area contributed by atoms with Crippen LogP contribution < -0.4 is 16.0 Å². The third-order valence-electron chi connectivity index (χ3n) is 7.68. The number of benzene rings is 1. The van der Waals surface area contributed by atoms with Crippen LogP contribution in [0.25, 0.3) is 10.4 Å². The Labute approximate surface area is 247 Å². The van der Waals surface area contributed by atoms with Crippen molar-refractivity contribution < 1.29 is 19.1 Å². The predicted molar refractivity (Wildman–Crippen MR) is 159 cm³/mol. The van der Waals surface area contributed by atoms with Crippen LogP contribution in [0.5, 0.6) is 0 Å². The van der Waals surface area contributed by atoms with Gasteiger partial charge in [-0.1, -0.05) is 24.3 Å². The van der Waals surface area contributed by atoms with Crippen LogP contribution in [0.4, 0.5) is 5.00 Å². The molecule has 0 unspecified atom stereocenters. The fraction of sp³-hybridized carbons (Fsp3) is 0.448. The summed E-state index contributed by atoms with van der Waals surface area (Å²) in [7, 11) is 0. The normalized spacial score (nSPS) is 19.6. The second-order valence-corrected chi connectivity index (χ2v) is 12.8. The van der Waals surface area contributed by atoms with Crippen molar-refractivity contribution in [2.24, 2.45) is 0 Å².